The van der Waals surface area contributed by atoms with Crippen molar-refractivity contribution in [2.45, 2.75) is 6.43 Å². The van der Waals surface area contributed by atoms with Crippen LogP contribution in [-0.2, 0) is 0 Å². The number of benzene rings is 1. The van der Waals surface area contributed by atoms with Gasteiger partial charge in [0.05, 0.1) is 10.5 Å². The van der Waals surface area contributed by atoms with Crippen molar-refractivity contribution in [3.05, 3.63) is 29.4 Å². The van der Waals surface area contributed by atoms with Crippen molar-refractivity contribution in [1.29, 1.82) is 0 Å². The smallest absolute Gasteiger partial charge is 0.272 e. The molecule has 80 valence electrons. The summed E-state index contributed by atoms with van der Waals surface area (Å²) in [6.45, 7) is -0.655. The molecule has 0 unspecified atom stereocenters. The molecule has 1 heterocycles. The number of H-pyrrole nitrogens is 1. The van der Waals surface area contributed by atoms with Gasteiger partial charge in [-0.2, -0.15) is 0 Å². The molecule has 0 amide bonds. The standard InChI is InChI=1S/C10H8ClF2NO/c11-7-2-1-6-3-4-14-9(6)10(7)15-5-8(12)13/h1-4,8,14H,5H2. The van der Waals surface area contributed by atoms with Crippen molar-refractivity contribution in [2.75, 3.05) is 6.61 Å². The van der Waals surface area contributed by atoms with Gasteiger partial charge in [0.1, 0.15) is 6.61 Å². The second-order valence-corrected chi connectivity index (χ2v) is 3.43. The zero-order chi connectivity index (χ0) is 10.8. The van der Waals surface area contributed by atoms with Gasteiger partial charge < -0.3 is 9.72 Å². The first kappa shape index (κ1) is 10.2. The normalized spacial score (nSPS) is 11.2. The average Bonchev–Trinajstić information content (AvgIpc) is 2.63. The van der Waals surface area contributed by atoms with E-state index >= 15 is 0 Å². The van der Waals surface area contributed by atoms with Crippen LogP contribution in [0.1, 0.15) is 0 Å². The van der Waals surface area contributed by atoms with Gasteiger partial charge in [0.25, 0.3) is 6.43 Å². The highest BCUT2D eigenvalue weighted by Crippen LogP contribution is 2.32. The molecule has 1 aromatic heterocycles. The van der Waals surface area contributed by atoms with E-state index in [2.05, 4.69) is 4.98 Å². The fourth-order valence-electron chi connectivity index (χ4n) is 1.36. The average molecular weight is 232 g/mol. The Morgan fingerprint density at radius 1 is 1.33 bits per heavy atom. The minimum Gasteiger partial charge on any atom is -0.484 e. The summed E-state index contributed by atoms with van der Waals surface area (Å²) in [5.41, 5.74) is 0.642. The van der Waals surface area contributed by atoms with Crippen molar-refractivity contribution in [3.8, 4) is 5.75 Å². The molecular weight excluding hydrogens is 224 g/mol. The predicted octanol–water partition coefficient (Wildman–Crippen LogP) is 3.47. The van der Waals surface area contributed by atoms with Crippen molar-refractivity contribution in [2.24, 2.45) is 0 Å². The number of alkyl halides is 2. The number of aromatic amines is 1. The van der Waals surface area contributed by atoms with Gasteiger partial charge in [0.2, 0.25) is 0 Å². The maximum atomic E-state index is 12.0. The van der Waals surface area contributed by atoms with Crippen LogP contribution in [0.2, 0.25) is 5.02 Å². The van der Waals surface area contributed by atoms with Gasteiger partial charge in [0, 0.05) is 11.6 Å². The molecule has 1 N–H and O–H groups in total. The van der Waals surface area contributed by atoms with Gasteiger partial charge in [-0.05, 0) is 12.1 Å². The van der Waals surface area contributed by atoms with Crippen LogP contribution in [0.5, 0.6) is 5.75 Å². The van der Waals surface area contributed by atoms with E-state index in [1.165, 1.54) is 0 Å². The molecule has 0 aliphatic rings. The molecule has 0 aliphatic carbocycles. The van der Waals surface area contributed by atoms with Crippen LogP contribution < -0.4 is 4.74 Å². The Morgan fingerprint density at radius 2 is 2.13 bits per heavy atom. The molecule has 0 radical (unpaired) electrons. The van der Waals surface area contributed by atoms with Gasteiger partial charge in [-0.3, -0.25) is 0 Å². The number of aromatic nitrogens is 1. The van der Waals surface area contributed by atoms with Crippen LogP contribution in [-0.4, -0.2) is 18.0 Å². The number of hydrogen-bond acceptors (Lipinski definition) is 1. The zero-order valence-corrected chi connectivity index (χ0v) is 8.39. The van der Waals surface area contributed by atoms with Crippen LogP contribution in [0.4, 0.5) is 8.78 Å². The summed E-state index contributed by atoms with van der Waals surface area (Å²) in [7, 11) is 0. The lowest BCUT2D eigenvalue weighted by molar-refractivity contribution is 0.0826. The maximum Gasteiger partial charge on any atom is 0.272 e. The maximum absolute atomic E-state index is 12.0. The Bertz CT molecular complexity index is 469. The molecule has 2 rings (SSSR count). The highest BCUT2D eigenvalue weighted by molar-refractivity contribution is 6.33. The summed E-state index contributed by atoms with van der Waals surface area (Å²) in [6, 6.07) is 5.24. The van der Waals surface area contributed by atoms with Crippen LogP contribution in [0.3, 0.4) is 0 Å². The zero-order valence-electron chi connectivity index (χ0n) is 7.64. The lowest BCUT2D eigenvalue weighted by atomic mass is 10.2. The number of fused-ring (bicyclic) bond motifs is 1. The van der Waals surface area contributed by atoms with Gasteiger partial charge in [-0.15, -0.1) is 0 Å². The summed E-state index contributed by atoms with van der Waals surface area (Å²) < 4.78 is 29.0. The van der Waals surface area contributed by atoms with E-state index in [1.54, 1.807) is 18.3 Å². The number of rotatable bonds is 3. The third kappa shape index (κ3) is 2.04. The molecule has 1 aromatic carbocycles. The first-order chi connectivity index (χ1) is 7.18. The third-order valence-corrected chi connectivity index (χ3v) is 2.28. The molecule has 0 aliphatic heterocycles. The predicted molar refractivity (Wildman–Crippen MR) is 54.8 cm³/mol. The quantitative estimate of drug-likeness (QED) is 0.860. The largest absolute Gasteiger partial charge is 0.484 e. The highest BCUT2D eigenvalue weighted by atomic mass is 35.5. The summed E-state index contributed by atoms with van der Waals surface area (Å²) >= 11 is 5.85. The molecule has 0 fully saturated rings. The number of halogens is 3. The Balaban J connectivity index is 2.38. The Hall–Kier alpha value is -1.29. The molecule has 0 saturated carbocycles. The van der Waals surface area contributed by atoms with Crippen LogP contribution >= 0.6 is 11.6 Å². The topological polar surface area (TPSA) is 25.0 Å². The van der Waals surface area contributed by atoms with Crippen molar-refractivity contribution in [3.63, 3.8) is 0 Å². The SMILES string of the molecule is FC(F)COc1c(Cl)ccc2cc[nH]c12. The lowest BCUT2D eigenvalue weighted by Crippen LogP contribution is -2.07. The van der Waals surface area contributed by atoms with Crippen LogP contribution in [0, 0.1) is 0 Å². The summed E-state index contributed by atoms with van der Waals surface area (Å²) in [5, 5.41) is 1.20. The van der Waals surface area contributed by atoms with Gasteiger partial charge in [-0.1, -0.05) is 17.7 Å². The number of nitrogens with one attached hydrogen (secondary N) is 1. The molecule has 0 atom stereocenters. The molecule has 2 aromatic rings. The van der Waals surface area contributed by atoms with E-state index in [1.807, 2.05) is 6.07 Å². The molecule has 0 spiro atoms. The van der Waals surface area contributed by atoms with E-state index in [-0.39, 0.29) is 5.75 Å². The van der Waals surface area contributed by atoms with E-state index in [0.29, 0.717) is 10.5 Å². The fourth-order valence-corrected chi connectivity index (χ4v) is 1.57. The number of ether oxygens (including phenoxy) is 1. The van der Waals surface area contributed by atoms with Crippen molar-refractivity contribution < 1.29 is 13.5 Å². The molecule has 5 heteroatoms. The first-order valence-corrected chi connectivity index (χ1v) is 4.73. The number of hydrogen-bond donors (Lipinski definition) is 1. The summed E-state index contributed by atoms with van der Waals surface area (Å²) in [6.07, 6.45) is -0.803. The molecule has 0 saturated heterocycles. The van der Waals surface area contributed by atoms with Gasteiger partial charge >= 0.3 is 0 Å². The minimum absolute atomic E-state index is 0.277. The monoisotopic (exact) mass is 231 g/mol. The summed E-state index contributed by atoms with van der Waals surface area (Å²) in [4.78, 5) is 2.90. The van der Waals surface area contributed by atoms with Crippen molar-refractivity contribution >= 4 is 22.5 Å². The second-order valence-electron chi connectivity index (χ2n) is 3.02. The summed E-state index contributed by atoms with van der Waals surface area (Å²) in [5.74, 6) is 0.277. The lowest BCUT2D eigenvalue weighted by Gasteiger charge is -2.08. The minimum atomic E-state index is -2.51. The Morgan fingerprint density at radius 3 is 2.87 bits per heavy atom. The molecule has 0 bridgehead atoms. The van der Waals surface area contributed by atoms with Crippen LogP contribution in [0.15, 0.2) is 24.4 Å². The first-order valence-electron chi connectivity index (χ1n) is 4.35. The van der Waals surface area contributed by atoms with E-state index in [4.69, 9.17) is 16.3 Å². The Labute approximate surface area is 89.8 Å². The highest BCUT2D eigenvalue weighted by Gasteiger charge is 2.11. The van der Waals surface area contributed by atoms with Crippen molar-refractivity contribution in [1.82, 2.24) is 4.98 Å². The van der Waals surface area contributed by atoms with E-state index in [9.17, 15) is 8.78 Å². The van der Waals surface area contributed by atoms with Gasteiger partial charge in [0.15, 0.2) is 5.75 Å². The second kappa shape index (κ2) is 4.06. The molecule has 15 heavy (non-hydrogen) atoms. The van der Waals surface area contributed by atoms with Gasteiger partial charge in [-0.25, -0.2) is 8.78 Å². The fraction of sp³-hybridized carbons (Fsp3) is 0.200. The third-order valence-electron chi connectivity index (χ3n) is 1.99. The van der Waals surface area contributed by atoms with Crippen LogP contribution in [0.25, 0.3) is 10.9 Å². The Kier molecular flexibility index (Phi) is 2.77. The molecular formula is C10H8ClF2NO. The molecule has 2 nitrogen and oxygen atoms in total. The van der Waals surface area contributed by atoms with E-state index in [0.717, 1.165) is 5.39 Å². The van der Waals surface area contributed by atoms with E-state index < -0.39 is 13.0 Å².